The minimum atomic E-state index is -4.62. The average molecular weight is 403 g/mol. The number of alkyl halides is 3. The fraction of sp³-hybridized carbons (Fsp3) is 0.105. The number of aromatic nitrogens is 2. The van der Waals surface area contributed by atoms with Crippen molar-refractivity contribution in [3.05, 3.63) is 71.5 Å². The van der Waals surface area contributed by atoms with Gasteiger partial charge in [0.05, 0.1) is 23.2 Å². The number of carbonyl (C=O) groups excluding carboxylic acids is 1. The second-order valence-corrected chi connectivity index (χ2v) is 6.08. The molecule has 1 heterocycles. The Morgan fingerprint density at radius 1 is 1.17 bits per heavy atom. The molecule has 0 bridgehead atoms. The summed E-state index contributed by atoms with van der Waals surface area (Å²) in [4.78, 5) is 12.3. The molecule has 0 fully saturated rings. The van der Waals surface area contributed by atoms with Gasteiger partial charge in [-0.25, -0.2) is 10.1 Å². The zero-order valence-electron chi connectivity index (χ0n) is 15.1. The van der Waals surface area contributed by atoms with Crippen LogP contribution in [0.25, 0.3) is 5.69 Å². The Morgan fingerprint density at radius 3 is 2.48 bits per heavy atom. The van der Waals surface area contributed by atoms with Crippen molar-refractivity contribution in [2.75, 3.05) is 5.73 Å². The number of benzene rings is 2. The van der Waals surface area contributed by atoms with Crippen molar-refractivity contribution in [1.82, 2.24) is 15.2 Å². The molecular weight excluding hydrogens is 387 g/mol. The van der Waals surface area contributed by atoms with Gasteiger partial charge in [0, 0.05) is 5.69 Å². The highest BCUT2D eigenvalue weighted by Crippen LogP contribution is 2.34. The first-order chi connectivity index (χ1) is 13.7. The first-order valence-corrected chi connectivity index (χ1v) is 8.32. The SMILES string of the molecule is C/C(=N/NC(=O)c1nn(-c2ccccc2C(F)(F)F)cc1O)c1ccc(N)cc1. The molecular formula is C19H16F3N5O2. The van der Waals surface area contributed by atoms with Crippen molar-refractivity contribution < 1.29 is 23.1 Å². The summed E-state index contributed by atoms with van der Waals surface area (Å²) in [6, 6.07) is 11.4. The molecule has 0 radical (unpaired) electrons. The number of rotatable bonds is 4. The molecule has 29 heavy (non-hydrogen) atoms. The first kappa shape index (κ1) is 19.9. The van der Waals surface area contributed by atoms with E-state index in [0.717, 1.165) is 16.9 Å². The minimum absolute atomic E-state index is 0.323. The van der Waals surface area contributed by atoms with Gasteiger partial charge in [-0.2, -0.15) is 23.4 Å². The van der Waals surface area contributed by atoms with Crippen LogP contribution in [-0.4, -0.2) is 26.5 Å². The number of anilines is 1. The summed E-state index contributed by atoms with van der Waals surface area (Å²) >= 11 is 0. The van der Waals surface area contributed by atoms with Crippen LogP contribution in [-0.2, 0) is 6.18 Å². The molecule has 0 aliphatic rings. The number of hydrogen-bond donors (Lipinski definition) is 3. The Bertz CT molecular complexity index is 1070. The van der Waals surface area contributed by atoms with E-state index in [0.29, 0.717) is 17.0 Å². The van der Waals surface area contributed by atoms with E-state index >= 15 is 0 Å². The molecule has 4 N–H and O–H groups in total. The molecule has 3 rings (SSSR count). The van der Waals surface area contributed by atoms with Gasteiger partial charge < -0.3 is 10.8 Å². The number of para-hydroxylation sites is 1. The molecule has 0 unspecified atom stereocenters. The predicted molar refractivity (Wildman–Crippen MR) is 101 cm³/mol. The number of nitrogens with zero attached hydrogens (tertiary/aromatic N) is 3. The highest BCUT2D eigenvalue weighted by molar-refractivity contribution is 6.01. The normalized spacial score (nSPS) is 12.1. The smallest absolute Gasteiger partial charge is 0.418 e. The van der Waals surface area contributed by atoms with Crippen LogP contribution in [0.4, 0.5) is 18.9 Å². The maximum absolute atomic E-state index is 13.2. The molecule has 3 aromatic rings. The molecule has 1 aromatic heterocycles. The number of halogens is 3. The fourth-order valence-corrected chi connectivity index (χ4v) is 2.54. The molecule has 2 aromatic carbocycles. The largest absolute Gasteiger partial charge is 0.504 e. The number of hydrogen-bond acceptors (Lipinski definition) is 5. The van der Waals surface area contributed by atoms with Crippen LogP contribution in [0.1, 0.15) is 28.5 Å². The van der Waals surface area contributed by atoms with Gasteiger partial charge in [-0.3, -0.25) is 4.79 Å². The maximum Gasteiger partial charge on any atom is 0.418 e. The van der Waals surface area contributed by atoms with Crippen molar-refractivity contribution in [2.24, 2.45) is 5.10 Å². The summed E-state index contributed by atoms with van der Waals surface area (Å²) < 4.78 is 40.4. The molecule has 0 spiro atoms. The summed E-state index contributed by atoms with van der Waals surface area (Å²) in [5, 5.41) is 17.7. The van der Waals surface area contributed by atoms with Gasteiger partial charge in [0.25, 0.3) is 5.91 Å². The Morgan fingerprint density at radius 2 is 1.83 bits per heavy atom. The number of nitrogens with two attached hydrogens (primary N) is 1. The monoisotopic (exact) mass is 403 g/mol. The van der Waals surface area contributed by atoms with Crippen LogP contribution in [0.5, 0.6) is 5.75 Å². The first-order valence-electron chi connectivity index (χ1n) is 8.32. The van der Waals surface area contributed by atoms with Crippen molar-refractivity contribution in [1.29, 1.82) is 0 Å². The molecule has 0 saturated heterocycles. The van der Waals surface area contributed by atoms with Crippen LogP contribution in [0, 0.1) is 0 Å². The topological polar surface area (TPSA) is 106 Å². The molecule has 0 saturated carbocycles. The van der Waals surface area contributed by atoms with E-state index in [1.54, 1.807) is 31.2 Å². The summed E-state index contributed by atoms with van der Waals surface area (Å²) in [5.74, 6) is -1.46. The second-order valence-electron chi connectivity index (χ2n) is 6.08. The third kappa shape index (κ3) is 4.37. The summed E-state index contributed by atoms with van der Waals surface area (Å²) in [5.41, 5.74) is 7.83. The van der Waals surface area contributed by atoms with Gasteiger partial charge >= 0.3 is 6.18 Å². The van der Waals surface area contributed by atoms with Crippen molar-refractivity contribution in [2.45, 2.75) is 13.1 Å². The number of amides is 1. The molecule has 7 nitrogen and oxygen atoms in total. The summed E-state index contributed by atoms with van der Waals surface area (Å²) in [6.07, 6.45) is -3.70. The molecule has 0 aliphatic carbocycles. The summed E-state index contributed by atoms with van der Waals surface area (Å²) in [7, 11) is 0. The highest BCUT2D eigenvalue weighted by atomic mass is 19.4. The molecule has 1 amide bonds. The van der Waals surface area contributed by atoms with Gasteiger partial charge in [-0.15, -0.1) is 0 Å². The molecule has 0 atom stereocenters. The molecule has 10 heteroatoms. The van der Waals surface area contributed by atoms with Gasteiger partial charge in [-0.1, -0.05) is 24.3 Å². The van der Waals surface area contributed by atoms with Gasteiger partial charge in [0.2, 0.25) is 0 Å². The maximum atomic E-state index is 13.2. The van der Waals surface area contributed by atoms with E-state index in [1.807, 2.05) is 0 Å². The van der Waals surface area contributed by atoms with E-state index in [1.165, 1.54) is 18.2 Å². The molecule has 150 valence electrons. The van der Waals surface area contributed by atoms with Crippen LogP contribution in [0.15, 0.2) is 59.8 Å². The van der Waals surface area contributed by atoms with E-state index in [-0.39, 0.29) is 5.69 Å². The van der Waals surface area contributed by atoms with Crippen LogP contribution in [0.3, 0.4) is 0 Å². The van der Waals surface area contributed by atoms with E-state index in [9.17, 15) is 23.1 Å². The van der Waals surface area contributed by atoms with Crippen molar-refractivity contribution >= 4 is 17.3 Å². The lowest BCUT2D eigenvalue weighted by Crippen LogP contribution is -2.20. The van der Waals surface area contributed by atoms with E-state index < -0.39 is 29.1 Å². The third-order valence-corrected chi connectivity index (χ3v) is 4.02. The highest BCUT2D eigenvalue weighted by Gasteiger charge is 2.34. The van der Waals surface area contributed by atoms with Crippen molar-refractivity contribution in [3.63, 3.8) is 0 Å². The minimum Gasteiger partial charge on any atom is -0.504 e. The van der Waals surface area contributed by atoms with Crippen LogP contribution in [0.2, 0.25) is 0 Å². The van der Waals surface area contributed by atoms with E-state index in [2.05, 4.69) is 15.6 Å². The summed E-state index contributed by atoms with van der Waals surface area (Å²) in [6.45, 7) is 1.64. The Hall–Kier alpha value is -3.82. The predicted octanol–water partition coefficient (Wildman–Crippen LogP) is 3.33. The third-order valence-electron chi connectivity index (χ3n) is 4.02. The number of nitrogen functional groups attached to an aromatic ring is 1. The number of nitrogens with one attached hydrogen (secondary N) is 1. The Labute approximate surface area is 163 Å². The Kier molecular flexibility index (Phi) is 5.26. The fourth-order valence-electron chi connectivity index (χ4n) is 2.54. The zero-order valence-corrected chi connectivity index (χ0v) is 15.1. The van der Waals surface area contributed by atoms with E-state index in [4.69, 9.17) is 5.73 Å². The van der Waals surface area contributed by atoms with Gasteiger partial charge in [0.15, 0.2) is 11.4 Å². The lowest BCUT2D eigenvalue weighted by molar-refractivity contribution is -0.137. The zero-order chi connectivity index (χ0) is 21.2. The van der Waals surface area contributed by atoms with Gasteiger partial charge in [-0.05, 0) is 36.8 Å². The number of carbonyl (C=O) groups is 1. The average Bonchev–Trinajstić information content (AvgIpc) is 3.07. The Balaban J connectivity index is 1.85. The second kappa shape index (κ2) is 7.66. The molecule has 0 aliphatic heterocycles. The number of aromatic hydroxyl groups is 1. The lowest BCUT2D eigenvalue weighted by Gasteiger charge is -2.12. The standard InChI is InChI=1S/C19H16F3N5O2/c1-11(12-6-8-13(23)9-7-12)24-25-18(29)17-16(28)10-27(26-17)15-5-3-2-4-14(15)19(20,21)22/h2-10,28H,23H2,1H3,(H,25,29)/b24-11-. The van der Waals surface area contributed by atoms with Gasteiger partial charge in [0.1, 0.15) is 0 Å². The van der Waals surface area contributed by atoms with Crippen molar-refractivity contribution in [3.8, 4) is 11.4 Å². The quantitative estimate of drug-likeness (QED) is 0.353. The lowest BCUT2D eigenvalue weighted by atomic mass is 10.1. The van der Waals surface area contributed by atoms with Crippen LogP contribution >= 0.6 is 0 Å². The number of hydrazone groups is 1. The van der Waals surface area contributed by atoms with Crippen LogP contribution < -0.4 is 11.2 Å².